The molecular weight excluding hydrogens is 278 g/mol. The highest BCUT2D eigenvalue weighted by molar-refractivity contribution is 5.90. The quantitative estimate of drug-likeness (QED) is 0.861. The number of para-hydroxylation sites is 1. The molecular formula is C16H23N5O. The van der Waals surface area contributed by atoms with E-state index in [-0.39, 0.29) is 12.1 Å². The highest BCUT2D eigenvalue weighted by Crippen LogP contribution is 2.16. The first-order valence-corrected chi connectivity index (χ1v) is 7.68. The third-order valence-corrected chi connectivity index (χ3v) is 3.46. The summed E-state index contributed by atoms with van der Waals surface area (Å²) in [5, 5.41) is 9.99. The van der Waals surface area contributed by atoms with E-state index in [1.54, 1.807) is 0 Å². The molecule has 0 fully saturated rings. The van der Waals surface area contributed by atoms with Gasteiger partial charge in [0.25, 0.3) is 0 Å². The van der Waals surface area contributed by atoms with Crippen molar-refractivity contribution in [3.63, 3.8) is 0 Å². The Morgan fingerprint density at radius 1 is 1.32 bits per heavy atom. The van der Waals surface area contributed by atoms with E-state index in [1.807, 2.05) is 35.9 Å². The summed E-state index contributed by atoms with van der Waals surface area (Å²) in [4.78, 5) is 16.4. The Hall–Kier alpha value is -2.37. The molecule has 22 heavy (non-hydrogen) atoms. The Labute approximate surface area is 130 Å². The molecule has 0 aliphatic carbocycles. The van der Waals surface area contributed by atoms with Crippen LogP contribution in [0.15, 0.2) is 30.6 Å². The molecule has 0 spiro atoms. The second-order valence-electron chi connectivity index (χ2n) is 5.17. The van der Waals surface area contributed by atoms with Gasteiger partial charge in [-0.3, -0.25) is 0 Å². The lowest BCUT2D eigenvalue weighted by atomic mass is 10.1. The molecule has 2 N–H and O–H groups in total. The average Bonchev–Trinajstić information content (AvgIpc) is 2.96. The molecule has 0 unspecified atom stereocenters. The summed E-state index contributed by atoms with van der Waals surface area (Å²) >= 11 is 0. The summed E-state index contributed by atoms with van der Waals surface area (Å²) in [5.74, 6) is 0.765. The number of rotatable bonds is 6. The minimum Gasteiger partial charge on any atom is -0.328 e. The Morgan fingerprint density at radius 2 is 2.09 bits per heavy atom. The number of hydrogen-bond acceptors (Lipinski definition) is 3. The standard InChI is InChI=1S/C16H23N5O/c1-4-10-21-15(17-11-18-21)12(3)19-16(22)20-14-9-7-6-8-13(14)5-2/h6-9,11-12H,4-5,10H2,1-3H3,(H2,19,20,22)/t12-/m0/s1. The van der Waals surface area contributed by atoms with Crippen LogP contribution in [0.4, 0.5) is 10.5 Å². The first-order valence-electron chi connectivity index (χ1n) is 7.68. The van der Waals surface area contributed by atoms with E-state index in [2.05, 4.69) is 34.6 Å². The maximum Gasteiger partial charge on any atom is 0.319 e. The van der Waals surface area contributed by atoms with Gasteiger partial charge in [0.1, 0.15) is 12.2 Å². The number of benzene rings is 1. The van der Waals surface area contributed by atoms with Crippen LogP contribution in [0.1, 0.15) is 44.6 Å². The molecule has 2 rings (SSSR count). The lowest BCUT2D eigenvalue weighted by molar-refractivity contribution is 0.248. The summed E-state index contributed by atoms with van der Waals surface area (Å²) < 4.78 is 1.82. The van der Waals surface area contributed by atoms with E-state index >= 15 is 0 Å². The van der Waals surface area contributed by atoms with Gasteiger partial charge in [-0.25, -0.2) is 14.5 Å². The van der Waals surface area contributed by atoms with Crippen LogP contribution in [-0.2, 0) is 13.0 Å². The minimum atomic E-state index is -0.237. The zero-order chi connectivity index (χ0) is 15.9. The maximum atomic E-state index is 12.2. The molecule has 0 bridgehead atoms. The number of carbonyl (C=O) groups excluding carboxylic acids is 1. The SMILES string of the molecule is CCCn1ncnc1[C@H](C)NC(=O)Nc1ccccc1CC. The highest BCUT2D eigenvalue weighted by Gasteiger charge is 2.15. The van der Waals surface area contributed by atoms with E-state index < -0.39 is 0 Å². The highest BCUT2D eigenvalue weighted by atomic mass is 16.2. The smallest absolute Gasteiger partial charge is 0.319 e. The van der Waals surface area contributed by atoms with Crippen molar-refractivity contribution in [2.75, 3.05) is 5.32 Å². The van der Waals surface area contributed by atoms with E-state index in [1.165, 1.54) is 6.33 Å². The van der Waals surface area contributed by atoms with E-state index in [9.17, 15) is 4.79 Å². The normalized spacial score (nSPS) is 12.0. The molecule has 1 heterocycles. The molecule has 0 aliphatic rings. The van der Waals surface area contributed by atoms with Crippen molar-refractivity contribution in [3.8, 4) is 0 Å². The van der Waals surface area contributed by atoms with Crippen molar-refractivity contribution in [1.82, 2.24) is 20.1 Å². The first-order chi connectivity index (χ1) is 10.7. The number of hydrogen-bond donors (Lipinski definition) is 2. The fourth-order valence-electron chi connectivity index (χ4n) is 2.36. The Kier molecular flexibility index (Phi) is 5.52. The zero-order valence-electron chi connectivity index (χ0n) is 13.3. The predicted octanol–water partition coefficient (Wildman–Crippen LogP) is 3.13. The van der Waals surface area contributed by atoms with Gasteiger partial charge in [-0.05, 0) is 31.4 Å². The van der Waals surface area contributed by atoms with E-state index in [0.29, 0.717) is 0 Å². The van der Waals surface area contributed by atoms with Crippen molar-refractivity contribution in [2.24, 2.45) is 0 Å². The number of nitrogens with one attached hydrogen (secondary N) is 2. The molecule has 6 nitrogen and oxygen atoms in total. The van der Waals surface area contributed by atoms with Gasteiger partial charge in [0.05, 0.1) is 6.04 Å². The van der Waals surface area contributed by atoms with Gasteiger partial charge in [0.15, 0.2) is 0 Å². The minimum absolute atomic E-state index is 0.206. The molecule has 6 heteroatoms. The molecule has 118 valence electrons. The summed E-state index contributed by atoms with van der Waals surface area (Å²) in [6.45, 7) is 6.84. The third-order valence-electron chi connectivity index (χ3n) is 3.46. The van der Waals surface area contributed by atoms with Crippen LogP contribution in [0.5, 0.6) is 0 Å². The molecule has 0 radical (unpaired) electrons. The van der Waals surface area contributed by atoms with Gasteiger partial charge in [0.2, 0.25) is 0 Å². The molecule has 1 atom stereocenters. The number of amides is 2. The maximum absolute atomic E-state index is 12.2. The van der Waals surface area contributed by atoms with Crippen LogP contribution >= 0.6 is 0 Å². The number of aromatic nitrogens is 3. The topological polar surface area (TPSA) is 71.8 Å². The van der Waals surface area contributed by atoms with Crippen LogP contribution in [0.2, 0.25) is 0 Å². The van der Waals surface area contributed by atoms with Gasteiger partial charge in [-0.15, -0.1) is 0 Å². The summed E-state index contributed by atoms with van der Waals surface area (Å²) in [6.07, 6.45) is 3.36. The van der Waals surface area contributed by atoms with Gasteiger partial charge in [-0.1, -0.05) is 32.0 Å². The summed E-state index contributed by atoms with van der Waals surface area (Å²) in [7, 11) is 0. The van der Waals surface area contributed by atoms with Crippen molar-refractivity contribution >= 4 is 11.7 Å². The first kappa shape index (κ1) is 16.0. The van der Waals surface area contributed by atoms with Crippen molar-refractivity contribution in [2.45, 2.75) is 46.2 Å². The van der Waals surface area contributed by atoms with Gasteiger partial charge in [0, 0.05) is 12.2 Å². The number of aryl methyl sites for hydroxylation is 2. The molecule has 1 aromatic heterocycles. The molecule has 2 aromatic rings. The predicted molar refractivity (Wildman–Crippen MR) is 86.7 cm³/mol. The summed E-state index contributed by atoms with van der Waals surface area (Å²) in [5.41, 5.74) is 1.95. The molecule has 2 amide bonds. The number of urea groups is 1. The van der Waals surface area contributed by atoms with E-state index in [4.69, 9.17) is 0 Å². The van der Waals surface area contributed by atoms with Gasteiger partial charge in [-0.2, -0.15) is 5.10 Å². The molecule has 0 saturated heterocycles. The van der Waals surface area contributed by atoms with Crippen LogP contribution in [0.25, 0.3) is 0 Å². The van der Waals surface area contributed by atoms with Crippen molar-refractivity contribution in [1.29, 1.82) is 0 Å². The second kappa shape index (κ2) is 7.59. The number of anilines is 1. The fraction of sp³-hybridized carbons (Fsp3) is 0.438. The van der Waals surface area contributed by atoms with Crippen molar-refractivity contribution < 1.29 is 4.79 Å². The second-order valence-corrected chi connectivity index (χ2v) is 5.17. The van der Waals surface area contributed by atoms with Gasteiger partial charge >= 0.3 is 6.03 Å². The van der Waals surface area contributed by atoms with E-state index in [0.717, 1.165) is 36.5 Å². The van der Waals surface area contributed by atoms with Crippen LogP contribution in [0, 0.1) is 0 Å². The Bertz CT molecular complexity index is 623. The number of carbonyl (C=O) groups is 1. The number of nitrogens with zero attached hydrogens (tertiary/aromatic N) is 3. The molecule has 1 aromatic carbocycles. The van der Waals surface area contributed by atoms with Crippen LogP contribution in [-0.4, -0.2) is 20.8 Å². The average molecular weight is 301 g/mol. The summed E-state index contributed by atoms with van der Waals surface area (Å²) in [6, 6.07) is 7.36. The lowest BCUT2D eigenvalue weighted by Crippen LogP contribution is -2.33. The fourth-order valence-corrected chi connectivity index (χ4v) is 2.36. The van der Waals surface area contributed by atoms with Crippen LogP contribution < -0.4 is 10.6 Å². The van der Waals surface area contributed by atoms with Crippen molar-refractivity contribution in [3.05, 3.63) is 42.0 Å². The lowest BCUT2D eigenvalue weighted by Gasteiger charge is -2.16. The van der Waals surface area contributed by atoms with Crippen LogP contribution in [0.3, 0.4) is 0 Å². The Balaban J connectivity index is 2.00. The zero-order valence-corrected chi connectivity index (χ0v) is 13.3. The molecule has 0 saturated carbocycles. The third kappa shape index (κ3) is 3.84. The molecule has 0 aliphatic heterocycles. The largest absolute Gasteiger partial charge is 0.328 e. The monoisotopic (exact) mass is 301 g/mol. The Morgan fingerprint density at radius 3 is 2.82 bits per heavy atom. The van der Waals surface area contributed by atoms with Gasteiger partial charge < -0.3 is 10.6 Å².